The van der Waals surface area contributed by atoms with E-state index in [4.69, 9.17) is 4.42 Å². The summed E-state index contributed by atoms with van der Waals surface area (Å²) in [6, 6.07) is 58.0. The summed E-state index contributed by atoms with van der Waals surface area (Å²) >= 11 is 0. The lowest BCUT2D eigenvalue weighted by Gasteiger charge is -2.26. The summed E-state index contributed by atoms with van der Waals surface area (Å²) in [6.07, 6.45) is 1.82. The summed E-state index contributed by atoms with van der Waals surface area (Å²) in [5.41, 5.74) is 10.6. The molecule has 2 aromatic heterocycles. The van der Waals surface area contributed by atoms with Crippen molar-refractivity contribution in [3.63, 3.8) is 0 Å². The molecule has 216 valence electrons. The molecule has 46 heavy (non-hydrogen) atoms. The maximum atomic E-state index is 6.55. The standard InChI is InChI=1S/C43H28N2O/c1-2-8-29(9-3-1)31-17-21-35(22-18-31)45(36-23-19-32(20-24-36)34-16-15-30-10-4-5-11-33(30)28-34)40-13-6-14-41-42(40)38-25-26-39-37(43(38)46-41)12-7-27-44-39/h1-28H. The SMILES string of the molecule is c1ccc(-c2ccc(N(c3ccc(-c4ccc5ccccc5c4)cc3)c3cccc4oc5c6cccnc6ccc5c34)cc2)cc1. The van der Waals surface area contributed by atoms with Crippen LogP contribution >= 0.6 is 0 Å². The number of furan rings is 1. The van der Waals surface area contributed by atoms with Gasteiger partial charge in [-0.15, -0.1) is 0 Å². The van der Waals surface area contributed by atoms with Gasteiger partial charge in [-0.25, -0.2) is 0 Å². The highest BCUT2D eigenvalue weighted by Gasteiger charge is 2.20. The Bertz CT molecular complexity index is 2510. The molecule has 0 atom stereocenters. The summed E-state index contributed by atoms with van der Waals surface area (Å²) in [6.45, 7) is 0. The first-order valence-electron chi connectivity index (χ1n) is 15.5. The van der Waals surface area contributed by atoms with E-state index in [2.05, 4.69) is 168 Å². The van der Waals surface area contributed by atoms with Gasteiger partial charge in [-0.05, 0) is 99.8 Å². The molecular weight excluding hydrogens is 560 g/mol. The van der Waals surface area contributed by atoms with Crippen LogP contribution < -0.4 is 4.90 Å². The van der Waals surface area contributed by atoms with Gasteiger partial charge in [0.1, 0.15) is 11.2 Å². The molecule has 0 aliphatic carbocycles. The Morgan fingerprint density at radius 2 is 1.13 bits per heavy atom. The van der Waals surface area contributed by atoms with Crippen molar-refractivity contribution in [2.45, 2.75) is 0 Å². The first kappa shape index (κ1) is 26.2. The highest BCUT2D eigenvalue weighted by molar-refractivity contribution is 6.19. The quantitative estimate of drug-likeness (QED) is 0.200. The maximum absolute atomic E-state index is 6.55. The van der Waals surface area contributed by atoms with Crippen LogP contribution in [0.4, 0.5) is 17.1 Å². The molecule has 9 rings (SSSR count). The minimum atomic E-state index is 0.850. The van der Waals surface area contributed by atoms with Gasteiger partial charge in [0.2, 0.25) is 0 Å². The summed E-state index contributed by atoms with van der Waals surface area (Å²) in [5.74, 6) is 0. The van der Waals surface area contributed by atoms with Crippen molar-refractivity contribution < 1.29 is 4.42 Å². The van der Waals surface area contributed by atoms with Crippen LogP contribution in [0.2, 0.25) is 0 Å². The number of anilines is 3. The number of hydrogen-bond donors (Lipinski definition) is 0. The molecule has 0 aliphatic heterocycles. The van der Waals surface area contributed by atoms with Crippen molar-refractivity contribution in [1.29, 1.82) is 0 Å². The second kappa shape index (κ2) is 10.8. The van der Waals surface area contributed by atoms with Crippen molar-refractivity contribution in [2.24, 2.45) is 0 Å². The van der Waals surface area contributed by atoms with Gasteiger partial charge in [0.25, 0.3) is 0 Å². The average molecular weight is 589 g/mol. The van der Waals surface area contributed by atoms with Crippen molar-refractivity contribution in [2.75, 3.05) is 4.90 Å². The van der Waals surface area contributed by atoms with Crippen molar-refractivity contribution >= 4 is 60.7 Å². The molecule has 0 spiro atoms. The molecule has 0 saturated heterocycles. The topological polar surface area (TPSA) is 29.3 Å². The van der Waals surface area contributed by atoms with E-state index < -0.39 is 0 Å². The van der Waals surface area contributed by atoms with Gasteiger partial charge in [0.15, 0.2) is 0 Å². The van der Waals surface area contributed by atoms with Gasteiger partial charge in [-0.3, -0.25) is 4.98 Å². The number of pyridine rings is 1. The number of hydrogen-bond acceptors (Lipinski definition) is 3. The zero-order chi connectivity index (χ0) is 30.5. The Balaban J connectivity index is 1.22. The predicted molar refractivity (Wildman–Crippen MR) is 192 cm³/mol. The second-order valence-electron chi connectivity index (χ2n) is 11.6. The third kappa shape index (κ3) is 4.41. The number of benzene rings is 7. The summed E-state index contributed by atoms with van der Waals surface area (Å²) in [5, 5.41) is 5.65. The fraction of sp³-hybridized carbons (Fsp3) is 0. The molecule has 0 saturated carbocycles. The third-order valence-electron chi connectivity index (χ3n) is 8.90. The average Bonchev–Trinajstić information content (AvgIpc) is 3.53. The van der Waals surface area contributed by atoms with Gasteiger partial charge in [-0.2, -0.15) is 0 Å². The zero-order valence-electron chi connectivity index (χ0n) is 25.0. The number of fused-ring (bicyclic) bond motifs is 6. The molecule has 0 N–H and O–H groups in total. The predicted octanol–water partition coefficient (Wildman–Crippen LogP) is 12.1. The molecule has 0 fully saturated rings. The van der Waals surface area contributed by atoms with Crippen molar-refractivity contribution in [1.82, 2.24) is 4.98 Å². The highest BCUT2D eigenvalue weighted by atomic mass is 16.3. The minimum Gasteiger partial charge on any atom is -0.455 e. The molecule has 3 nitrogen and oxygen atoms in total. The molecule has 0 amide bonds. The van der Waals surface area contributed by atoms with E-state index in [1.54, 1.807) is 0 Å². The van der Waals surface area contributed by atoms with Gasteiger partial charge >= 0.3 is 0 Å². The van der Waals surface area contributed by atoms with Crippen LogP contribution in [0.3, 0.4) is 0 Å². The number of aromatic nitrogens is 1. The van der Waals surface area contributed by atoms with Crippen LogP contribution in [0, 0.1) is 0 Å². The van der Waals surface area contributed by atoms with Crippen LogP contribution in [-0.4, -0.2) is 4.98 Å². The highest BCUT2D eigenvalue weighted by Crippen LogP contribution is 2.44. The summed E-state index contributed by atoms with van der Waals surface area (Å²) < 4.78 is 6.55. The number of nitrogens with zero attached hydrogens (tertiary/aromatic N) is 2. The Labute approximate surface area is 266 Å². The van der Waals surface area contributed by atoms with E-state index in [0.29, 0.717) is 0 Å². The van der Waals surface area contributed by atoms with E-state index in [1.165, 1.54) is 33.0 Å². The molecule has 9 aromatic rings. The van der Waals surface area contributed by atoms with E-state index in [0.717, 1.165) is 49.9 Å². The second-order valence-corrected chi connectivity index (χ2v) is 11.6. The lowest BCUT2D eigenvalue weighted by atomic mass is 10.0. The lowest BCUT2D eigenvalue weighted by Crippen LogP contribution is -2.10. The van der Waals surface area contributed by atoms with Gasteiger partial charge in [0.05, 0.1) is 16.6 Å². The molecule has 3 heteroatoms. The monoisotopic (exact) mass is 588 g/mol. The van der Waals surface area contributed by atoms with Crippen molar-refractivity contribution in [3.05, 3.63) is 170 Å². The van der Waals surface area contributed by atoms with Crippen LogP contribution in [0.1, 0.15) is 0 Å². The fourth-order valence-corrected chi connectivity index (χ4v) is 6.64. The molecule has 0 bridgehead atoms. The molecule has 0 aliphatic rings. The molecular formula is C43H28N2O. The summed E-state index contributed by atoms with van der Waals surface area (Å²) in [7, 11) is 0. The van der Waals surface area contributed by atoms with E-state index in [1.807, 2.05) is 12.3 Å². The molecule has 2 heterocycles. The largest absolute Gasteiger partial charge is 0.455 e. The first-order chi connectivity index (χ1) is 22.8. The molecule has 7 aromatic carbocycles. The number of rotatable bonds is 5. The zero-order valence-corrected chi connectivity index (χ0v) is 25.0. The van der Waals surface area contributed by atoms with Gasteiger partial charge < -0.3 is 9.32 Å². The third-order valence-corrected chi connectivity index (χ3v) is 8.90. The van der Waals surface area contributed by atoms with E-state index >= 15 is 0 Å². The molecule has 0 unspecified atom stereocenters. The minimum absolute atomic E-state index is 0.850. The summed E-state index contributed by atoms with van der Waals surface area (Å²) in [4.78, 5) is 6.90. The Morgan fingerprint density at radius 3 is 1.91 bits per heavy atom. The first-order valence-corrected chi connectivity index (χ1v) is 15.5. The Morgan fingerprint density at radius 1 is 0.457 bits per heavy atom. The van der Waals surface area contributed by atoms with Crippen LogP contribution in [0.5, 0.6) is 0 Å². The normalized spacial score (nSPS) is 11.5. The lowest BCUT2D eigenvalue weighted by molar-refractivity contribution is 0.672. The fourth-order valence-electron chi connectivity index (χ4n) is 6.64. The maximum Gasteiger partial charge on any atom is 0.144 e. The van der Waals surface area contributed by atoms with Gasteiger partial charge in [0, 0.05) is 28.3 Å². The molecule has 0 radical (unpaired) electrons. The van der Waals surface area contributed by atoms with Crippen LogP contribution in [-0.2, 0) is 0 Å². The van der Waals surface area contributed by atoms with Crippen molar-refractivity contribution in [3.8, 4) is 22.3 Å². The van der Waals surface area contributed by atoms with Gasteiger partial charge in [-0.1, -0.05) is 97.1 Å². The van der Waals surface area contributed by atoms with Crippen LogP contribution in [0.15, 0.2) is 174 Å². The Kier molecular flexibility index (Phi) is 6.14. The Hall–Kier alpha value is -6.19. The smallest absolute Gasteiger partial charge is 0.144 e. The van der Waals surface area contributed by atoms with E-state index in [-0.39, 0.29) is 0 Å². The van der Waals surface area contributed by atoms with Crippen LogP contribution in [0.25, 0.3) is 65.9 Å². The van der Waals surface area contributed by atoms with E-state index in [9.17, 15) is 0 Å².